The normalized spacial score (nSPS) is 11.1. The molecule has 0 fully saturated rings. The van der Waals surface area contributed by atoms with Gasteiger partial charge in [0.1, 0.15) is 0 Å². The molecule has 1 rings (SSSR count). The molecule has 0 aliphatic rings. The zero-order valence-electron chi connectivity index (χ0n) is 12.7. The summed E-state index contributed by atoms with van der Waals surface area (Å²) in [4.78, 5) is 12.9. The first-order valence-electron chi connectivity index (χ1n) is 7.05. The number of rotatable bonds is 9. The van der Waals surface area contributed by atoms with Gasteiger partial charge in [-0.15, -0.1) is 10.2 Å². The third-order valence-electron chi connectivity index (χ3n) is 2.81. The van der Waals surface area contributed by atoms with Gasteiger partial charge in [-0.2, -0.15) is 0 Å². The molecule has 114 valence electrons. The average molecular weight is 300 g/mol. The van der Waals surface area contributed by atoms with E-state index in [-0.39, 0.29) is 5.75 Å². The van der Waals surface area contributed by atoms with Crippen molar-refractivity contribution in [3.8, 4) is 0 Å². The number of thioether (sulfide) groups is 1. The van der Waals surface area contributed by atoms with Crippen LogP contribution in [-0.2, 0) is 11.3 Å². The molecule has 0 aliphatic heterocycles. The van der Waals surface area contributed by atoms with Gasteiger partial charge >= 0.3 is 5.97 Å². The Labute approximate surface area is 124 Å². The van der Waals surface area contributed by atoms with Gasteiger partial charge < -0.3 is 10.0 Å². The lowest BCUT2D eigenvalue weighted by atomic mass is 10.3. The number of carboxylic acid groups (broad SMARTS) is 1. The summed E-state index contributed by atoms with van der Waals surface area (Å²) in [6.45, 7) is 10.2. The van der Waals surface area contributed by atoms with Crippen LogP contribution in [-0.4, -0.2) is 44.2 Å². The molecular formula is C13H24N4O2S. The Kier molecular flexibility index (Phi) is 6.84. The molecule has 1 aromatic rings. The van der Waals surface area contributed by atoms with E-state index in [4.69, 9.17) is 5.11 Å². The van der Waals surface area contributed by atoms with E-state index in [0.717, 1.165) is 31.9 Å². The molecular weight excluding hydrogens is 276 g/mol. The third-order valence-corrected chi connectivity index (χ3v) is 3.77. The van der Waals surface area contributed by atoms with Crippen LogP contribution in [0.3, 0.4) is 0 Å². The van der Waals surface area contributed by atoms with E-state index in [1.807, 2.05) is 4.57 Å². The van der Waals surface area contributed by atoms with Crippen LogP contribution in [0.15, 0.2) is 5.16 Å². The van der Waals surface area contributed by atoms with Crippen LogP contribution >= 0.6 is 11.8 Å². The van der Waals surface area contributed by atoms with Crippen LogP contribution in [0.25, 0.3) is 0 Å². The molecule has 0 saturated carbocycles. The Morgan fingerprint density at radius 3 is 2.55 bits per heavy atom. The van der Waals surface area contributed by atoms with Gasteiger partial charge in [-0.05, 0) is 26.7 Å². The van der Waals surface area contributed by atoms with E-state index in [9.17, 15) is 4.79 Å². The molecule has 1 aromatic heterocycles. The van der Waals surface area contributed by atoms with Gasteiger partial charge in [-0.25, -0.2) is 0 Å². The second-order valence-electron chi connectivity index (χ2n) is 4.90. The zero-order valence-corrected chi connectivity index (χ0v) is 13.5. The van der Waals surface area contributed by atoms with Crippen molar-refractivity contribution < 1.29 is 9.90 Å². The fourth-order valence-electron chi connectivity index (χ4n) is 1.98. The molecule has 0 bridgehead atoms. The van der Waals surface area contributed by atoms with Crippen molar-refractivity contribution in [2.45, 2.75) is 58.3 Å². The number of aliphatic carboxylic acids is 1. The second kappa shape index (κ2) is 8.14. The summed E-state index contributed by atoms with van der Waals surface area (Å²) in [5, 5.41) is 17.9. The SMILES string of the molecule is CCCN(c1nnc(SCC(=O)O)n1CCC)C(C)C. The van der Waals surface area contributed by atoms with E-state index in [2.05, 4.69) is 42.8 Å². The van der Waals surface area contributed by atoms with Crippen LogP contribution in [0.1, 0.15) is 40.5 Å². The maximum atomic E-state index is 10.7. The van der Waals surface area contributed by atoms with Gasteiger partial charge in [0.05, 0.1) is 5.75 Å². The van der Waals surface area contributed by atoms with Crippen molar-refractivity contribution >= 4 is 23.7 Å². The molecule has 0 radical (unpaired) electrons. The van der Waals surface area contributed by atoms with Gasteiger partial charge in [0.25, 0.3) is 0 Å². The molecule has 0 aromatic carbocycles. The molecule has 0 spiro atoms. The van der Waals surface area contributed by atoms with E-state index >= 15 is 0 Å². The topological polar surface area (TPSA) is 71.2 Å². The Balaban J connectivity index is 3.02. The molecule has 20 heavy (non-hydrogen) atoms. The minimum absolute atomic E-state index is 0.0112. The van der Waals surface area contributed by atoms with Crippen LogP contribution in [0.2, 0.25) is 0 Å². The van der Waals surface area contributed by atoms with E-state index in [1.165, 1.54) is 11.8 Å². The predicted molar refractivity (Wildman–Crippen MR) is 81.4 cm³/mol. The molecule has 0 amide bonds. The standard InChI is InChI=1S/C13H24N4O2S/c1-5-7-16(10(3)4)12-14-15-13(17(12)8-6-2)20-9-11(18)19/h10H,5-9H2,1-4H3,(H,18,19). The Morgan fingerprint density at radius 2 is 2.05 bits per heavy atom. The number of hydrogen-bond donors (Lipinski definition) is 1. The second-order valence-corrected chi connectivity index (χ2v) is 5.85. The summed E-state index contributed by atoms with van der Waals surface area (Å²) in [7, 11) is 0. The highest BCUT2D eigenvalue weighted by Crippen LogP contribution is 2.23. The number of aromatic nitrogens is 3. The summed E-state index contributed by atoms with van der Waals surface area (Å²) in [6, 6.07) is 0.340. The Hall–Kier alpha value is -1.24. The number of carboxylic acids is 1. The molecule has 0 atom stereocenters. The number of nitrogens with zero attached hydrogens (tertiary/aromatic N) is 4. The number of carbonyl (C=O) groups is 1. The molecule has 6 nitrogen and oxygen atoms in total. The lowest BCUT2D eigenvalue weighted by Gasteiger charge is -2.27. The lowest BCUT2D eigenvalue weighted by molar-refractivity contribution is -0.133. The van der Waals surface area contributed by atoms with Gasteiger partial charge in [0.2, 0.25) is 5.95 Å². The average Bonchev–Trinajstić information content (AvgIpc) is 2.76. The van der Waals surface area contributed by atoms with Gasteiger partial charge in [-0.1, -0.05) is 25.6 Å². The molecule has 1 heterocycles. The van der Waals surface area contributed by atoms with Crippen molar-refractivity contribution in [1.82, 2.24) is 14.8 Å². The summed E-state index contributed by atoms with van der Waals surface area (Å²) in [5.74, 6) is 0.0190. The smallest absolute Gasteiger partial charge is 0.313 e. The number of hydrogen-bond acceptors (Lipinski definition) is 5. The number of anilines is 1. The molecule has 0 unspecified atom stereocenters. The maximum absolute atomic E-state index is 10.7. The van der Waals surface area contributed by atoms with Gasteiger partial charge in [-0.3, -0.25) is 9.36 Å². The highest BCUT2D eigenvalue weighted by molar-refractivity contribution is 7.99. The van der Waals surface area contributed by atoms with E-state index in [0.29, 0.717) is 11.2 Å². The van der Waals surface area contributed by atoms with Gasteiger partial charge in [0.15, 0.2) is 5.16 Å². The highest BCUT2D eigenvalue weighted by Gasteiger charge is 2.20. The Morgan fingerprint density at radius 1 is 1.35 bits per heavy atom. The fraction of sp³-hybridized carbons (Fsp3) is 0.769. The minimum Gasteiger partial charge on any atom is -0.481 e. The van der Waals surface area contributed by atoms with Gasteiger partial charge in [0, 0.05) is 19.1 Å². The van der Waals surface area contributed by atoms with E-state index < -0.39 is 5.97 Å². The minimum atomic E-state index is -0.836. The van der Waals surface area contributed by atoms with E-state index in [1.54, 1.807) is 0 Å². The quantitative estimate of drug-likeness (QED) is 0.706. The first-order chi connectivity index (χ1) is 9.51. The van der Waals surface area contributed by atoms with Crippen LogP contribution in [0.5, 0.6) is 0 Å². The predicted octanol–water partition coefficient (Wildman–Crippen LogP) is 2.49. The van der Waals surface area contributed by atoms with Crippen LogP contribution < -0.4 is 4.90 Å². The summed E-state index contributed by atoms with van der Waals surface area (Å²) in [5.41, 5.74) is 0. The first-order valence-corrected chi connectivity index (χ1v) is 8.04. The third kappa shape index (κ3) is 4.40. The Bertz CT molecular complexity index is 434. The van der Waals surface area contributed by atoms with Crippen molar-refractivity contribution in [2.75, 3.05) is 17.2 Å². The monoisotopic (exact) mass is 300 g/mol. The van der Waals surface area contributed by atoms with Crippen molar-refractivity contribution in [3.05, 3.63) is 0 Å². The van der Waals surface area contributed by atoms with Crippen molar-refractivity contribution in [1.29, 1.82) is 0 Å². The molecule has 1 N–H and O–H groups in total. The fourth-order valence-corrected chi connectivity index (χ4v) is 2.66. The first kappa shape index (κ1) is 16.8. The van der Waals surface area contributed by atoms with Crippen molar-refractivity contribution in [2.24, 2.45) is 0 Å². The summed E-state index contributed by atoms with van der Waals surface area (Å²) >= 11 is 1.23. The molecule has 0 aliphatic carbocycles. The van der Waals surface area contributed by atoms with Crippen LogP contribution in [0.4, 0.5) is 5.95 Å². The lowest BCUT2D eigenvalue weighted by Crippen LogP contribution is -2.34. The van der Waals surface area contributed by atoms with Crippen molar-refractivity contribution in [3.63, 3.8) is 0 Å². The molecule has 7 heteroatoms. The van der Waals surface area contributed by atoms with Crippen LogP contribution in [0, 0.1) is 0 Å². The summed E-state index contributed by atoms with van der Waals surface area (Å²) < 4.78 is 2.03. The molecule has 0 saturated heterocycles. The highest BCUT2D eigenvalue weighted by atomic mass is 32.2. The summed E-state index contributed by atoms with van der Waals surface area (Å²) in [6.07, 6.45) is 2.00. The maximum Gasteiger partial charge on any atom is 0.313 e. The largest absolute Gasteiger partial charge is 0.481 e. The zero-order chi connectivity index (χ0) is 15.1.